The van der Waals surface area contributed by atoms with Crippen molar-refractivity contribution in [1.29, 1.82) is 0 Å². The highest BCUT2D eigenvalue weighted by Gasteiger charge is 2.46. The number of likely N-dealkylation sites (tertiary alicyclic amines) is 1. The summed E-state index contributed by atoms with van der Waals surface area (Å²) in [5.74, 6) is -0.298. The number of ketones is 1. The molecule has 220 valence electrons. The van der Waals surface area contributed by atoms with Crippen LogP contribution >= 0.6 is 0 Å². The summed E-state index contributed by atoms with van der Waals surface area (Å²) in [4.78, 5) is 32.5. The van der Waals surface area contributed by atoms with E-state index in [1.807, 2.05) is 55.5 Å². The molecule has 1 aliphatic rings. The number of hydrogen-bond acceptors (Lipinski definition) is 6. The molecule has 3 aromatic carbocycles. The lowest BCUT2D eigenvalue weighted by atomic mass is 9.95. The number of carbonyl (C=O) groups is 2. The number of aryl methyl sites for hydroxylation is 1. The Hall–Kier alpha value is -4.91. The number of amides is 1. The van der Waals surface area contributed by atoms with E-state index in [0.29, 0.717) is 35.8 Å². The topological polar surface area (TPSA) is 89.0 Å². The average Bonchev–Trinajstić information content (AvgIpc) is 3.28. The van der Waals surface area contributed by atoms with Crippen molar-refractivity contribution in [2.24, 2.45) is 0 Å². The molecule has 1 atom stereocenters. The Bertz CT molecular complexity index is 1580. The lowest BCUT2D eigenvalue weighted by Crippen LogP contribution is -2.29. The first kappa shape index (κ1) is 29.6. The predicted octanol–water partition coefficient (Wildman–Crippen LogP) is 7.16. The lowest BCUT2D eigenvalue weighted by molar-refractivity contribution is -0.140. The number of unbranched alkanes of at least 4 members (excludes halogenated alkanes) is 2. The molecule has 1 saturated heterocycles. The summed E-state index contributed by atoms with van der Waals surface area (Å²) in [5, 5.41) is 11.5. The van der Waals surface area contributed by atoms with Crippen LogP contribution in [0.25, 0.3) is 5.76 Å². The number of carbonyl (C=O) groups excluding carboxylic acids is 2. The molecule has 5 rings (SSSR count). The second-order valence-corrected chi connectivity index (χ2v) is 10.7. The Kier molecular flexibility index (Phi) is 9.52. The fraction of sp³-hybridized carbons (Fsp3) is 0.250. The van der Waals surface area contributed by atoms with E-state index in [-0.39, 0.29) is 17.9 Å². The van der Waals surface area contributed by atoms with Crippen LogP contribution in [0.15, 0.2) is 103 Å². The number of aliphatic hydroxyl groups is 1. The molecule has 1 unspecified atom stereocenters. The van der Waals surface area contributed by atoms with Gasteiger partial charge in [0, 0.05) is 24.5 Å². The Morgan fingerprint density at radius 3 is 2.30 bits per heavy atom. The summed E-state index contributed by atoms with van der Waals surface area (Å²) >= 11 is 0. The van der Waals surface area contributed by atoms with Crippen LogP contribution in [0.1, 0.15) is 60.0 Å². The lowest BCUT2D eigenvalue weighted by Gasteiger charge is -2.25. The third-order valence-electron chi connectivity index (χ3n) is 7.44. The van der Waals surface area contributed by atoms with Gasteiger partial charge in [0.1, 0.15) is 23.9 Å². The maximum atomic E-state index is 13.5. The molecule has 7 heteroatoms. The molecule has 1 aromatic heterocycles. The molecule has 0 radical (unpaired) electrons. The van der Waals surface area contributed by atoms with Gasteiger partial charge in [-0.3, -0.25) is 14.6 Å². The van der Waals surface area contributed by atoms with Crippen LogP contribution in [0.2, 0.25) is 0 Å². The molecule has 0 spiro atoms. The number of ether oxygens (including phenoxy) is 2. The summed E-state index contributed by atoms with van der Waals surface area (Å²) in [6.07, 6.45) is 6.50. The quantitative estimate of drug-likeness (QED) is 0.0833. The zero-order valence-corrected chi connectivity index (χ0v) is 24.5. The first-order valence-corrected chi connectivity index (χ1v) is 14.6. The van der Waals surface area contributed by atoms with Crippen molar-refractivity contribution in [3.05, 3.63) is 131 Å². The smallest absolute Gasteiger partial charge is 0.295 e. The van der Waals surface area contributed by atoms with E-state index in [1.54, 1.807) is 42.7 Å². The highest BCUT2D eigenvalue weighted by molar-refractivity contribution is 6.46. The summed E-state index contributed by atoms with van der Waals surface area (Å²) in [5.41, 5.74) is 4.15. The molecule has 4 aromatic rings. The highest BCUT2D eigenvalue weighted by Crippen LogP contribution is 2.41. The second kappa shape index (κ2) is 13.8. The minimum Gasteiger partial charge on any atom is -0.507 e. The first-order valence-electron chi connectivity index (χ1n) is 14.6. The van der Waals surface area contributed by atoms with Gasteiger partial charge in [0.25, 0.3) is 11.7 Å². The number of nitrogens with zero attached hydrogens (tertiary/aromatic N) is 2. The summed E-state index contributed by atoms with van der Waals surface area (Å²) in [6.45, 7) is 5.38. The molecule has 43 heavy (non-hydrogen) atoms. The van der Waals surface area contributed by atoms with Crippen molar-refractivity contribution in [2.45, 2.75) is 52.3 Å². The molecule has 1 N–H and O–H groups in total. The number of hydrogen-bond donors (Lipinski definition) is 1. The van der Waals surface area contributed by atoms with Crippen LogP contribution in [-0.4, -0.2) is 33.3 Å². The Morgan fingerprint density at radius 2 is 1.60 bits per heavy atom. The van der Waals surface area contributed by atoms with Gasteiger partial charge in [-0.15, -0.1) is 0 Å². The molecular weight excluding hydrogens is 540 g/mol. The van der Waals surface area contributed by atoms with Crippen molar-refractivity contribution in [3.63, 3.8) is 0 Å². The van der Waals surface area contributed by atoms with Gasteiger partial charge < -0.3 is 19.5 Å². The SMILES string of the molecule is CCCCCOc1ccc(C2C(=C(O)c3ccc(OCc4cccc(C)c4)cc3)C(=O)C(=O)N2Cc2cccnc2)cc1. The molecule has 1 aliphatic heterocycles. The largest absolute Gasteiger partial charge is 0.507 e. The van der Waals surface area contributed by atoms with Crippen molar-refractivity contribution in [3.8, 4) is 11.5 Å². The number of aromatic nitrogens is 1. The summed E-state index contributed by atoms with van der Waals surface area (Å²) < 4.78 is 11.8. The molecule has 7 nitrogen and oxygen atoms in total. The number of pyridine rings is 1. The minimum absolute atomic E-state index is 0.0407. The first-order chi connectivity index (χ1) is 20.9. The normalized spacial score (nSPS) is 16.0. The van der Waals surface area contributed by atoms with Gasteiger partial charge in [-0.1, -0.05) is 67.8 Å². The second-order valence-electron chi connectivity index (χ2n) is 10.7. The zero-order valence-electron chi connectivity index (χ0n) is 24.5. The Balaban J connectivity index is 1.43. The van der Waals surface area contributed by atoms with E-state index in [4.69, 9.17) is 9.47 Å². The maximum absolute atomic E-state index is 13.5. The number of Topliss-reactive ketones (excluding diaryl/α,β-unsaturated/α-hetero) is 1. The van der Waals surface area contributed by atoms with Gasteiger partial charge in [0.2, 0.25) is 0 Å². The van der Waals surface area contributed by atoms with Gasteiger partial charge in [0.15, 0.2) is 0 Å². The van der Waals surface area contributed by atoms with E-state index in [1.165, 1.54) is 4.90 Å². The standard InChI is InChI=1S/C36H36N2O5/c1-3-4-5-20-42-30-15-11-28(12-16-30)33-32(35(40)36(41)38(33)23-27-10-7-19-37-22-27)34(39)29-13-17-31(18-14-29)43-24-26-9-6-8-25(2)21-26/h6-19,21-22,33,39H,3-5,20,23-24H2,1-2H3. The van der Waals surface area contributed by atoms with Crippen LogP contribution in [0.5, 0.6) is 11.5 Å². The Morgan fingerprint density at radius 1 is 0.884 bits per heavy atom. The fourth-order valence-corrected chi connectivity index (χ4v) is 5.20. The molecule has 0 saturated carbocycles. The van der Waals surface area contributed by atoms with Crippen LogP contribution in [0, 0.1) is 6.92 Å². The van der Waals surface area contributed by atoms with E-state index >= 15 is 0 Å². The molecule has 1 amide bonds. The van der Waals surface area contributed by atoms with E-state index in [2.05, 4.69) is 18.0 Å². The average molecular weight is 577 g/mol. The molecule has 0 bridgehead atoms. The zero-order chi connectivity index (χ0) is 30.2. The van der Waals surface area contributed by atoms with Gasteiger partial charge in [0.05, 0.1) is 18.2 Å². The summed E-state index contributed by atoms with van der Waals surface area (Å²) in [6, 6.07) is 25.2. The van der Waals surface area contributed by atoms with Crippen LogP contribution in [-0.2, 0) is 22.7 Å². The number of aliphatic hydroxyl groups excluding tert-OH is 1. The van der Waals surface area contributed by atoms with Gasteiger partial charge >= 0.3 is 0 Å². The third-order valence-corrected chi connectivity index (χ3v) is 7.44. The van der Waals surface area contributed by atoms with Gasteiger partial charge in [-0.2, -0.15) is 0 Å². The van der Waals surface area contributed by atoms with Crippen LogP contribution in [0.4, 0.5) is 0 Å². The number of rotatable bonds is 12. The highest BCUT2D eigenvalue weighted by atomic mass is 16.5. The van der Waals surface area contributed by atoms with Gasteiger partial charge in [-0.05, 0) is 72.5 Å². The molecule has 0 aliphatic carbocycles. The fourth-order valence-electron chi connectivity index (χ4n) is 5.20. The van der Waals surface area contributed by atoms with Crippen molar-refractivity contribution in [1.82, 2.24) is 9.88 Å². The summed E-state index contributed by atoms with van der Waals surface area (Å²) in [7, 11) is 0. The van der Waals surface area contributed by atoms with Crippen molar-refractivity contribution >= 4 is 17.4 Å². The molecule has 2 heterocycles. The minimum atomic E-state index is -0.786. The van der Waals surface area contributed by atoms with E-state index in [9.17, 15) is 14.7 Å². The molecular formula is C36H36N2O5. The third kappa shape index (κ3) is 7.12. The van der Waals surface area contributed by atoms with Gasteiger partial charge in [-0.25, -0.2) is 0 Å². The maximum Gasteiger partial charge on any atom is 0.295 e. The monoisotopic (exact) mass is 576 g/mol. The van der Waals surface area contributed by atoms with Crippen LogP contribution < -0.4 is 9.47 Å². The van der Waals surface area contributed by atoms with Crippen molar-refractivity contribution < 1.29 is 24.2 Å². The van der Waals surface area contributed by atoms with E-state index in [0.717, 1.165) is 36.0 Å². The predicted molar refractivity (Wildman–Crippen MR) is 165 cm³/mol. The Labute approximate surface area is 252 Å². The molecule has 1 fully saturated rings. The van der Waals surface area contributed by atoms with Crippen LogP contribution in [0.3, 0.4) is 0 Å². The van der Waals surface area contributed by atoms with E-state index < -0.39 is 17.7 Å². The number of benzene rings is 3. The van der Waals surface area contributed by atoms with Crippen molar-refractivity contribution in [2.75, 3.05) is 6.61 Å².